The fraction of sp³-hybridized carbons (Fsp3) is 0.250. The van der Waals surface area contributed by atoms with Crippen molar-refractivity contribution in [3.05, 3.63) is 138 Å². The van der Waals surface area contributed by atoms with Crippen LogP contribution in [0.4, 0.5) is 0 Å². The van der Waals surface area contributed by atoms with Crippen LogP contribution >= 0.6 is 19.4 Å². The van der Waals surface area contributed by atoms with Gasteiger partial charge in [0.05, 0.1) is 25.5 Å². The first-order chi connectivity index (χ1) is 22.8. The fourth-order valence-electron chi connectivity index (χ4n) is 4.60. The average Bonchev–Trinajstić information content (AvgIpc) is 3.42. The molecular weight excluding hydrogens is 633 g/mol. The average molecular weight is 672 g/mol. The monoisotopic (exact) mass is 671 g/mol. The second-order valence-corrected chi connectivity index (χ2v) is 14.1. The summed E-state index contributed by atoms with van der Waals surface area (Å²) in [6.45, 7) is 6.39. The molecule has 0 N–H and O–H groups in total. The minimum atomic E-state index is -3.67. The Balaban J connectivity index is 1.36. The number of hydrogen-bond acceptors (Lipinski definition) is 9. The van der Waals surface area contributed by atoms with Crippen LogP contribution in [0.3, 0.4) is 0 Å². The van der Waals surface area contributed by atoms with E-state index in [1.165, 1.54) is 18.7 Å². The van der Waals surface area contributed by atoms with Crippen molar-refractivity contribution in [2.24, 2.45) is 0 Å². The van der Waals surface area contributed by atoms with Gasteiger partial charge in [0.2, 0.25) is 0 Å². The number of imidazole rings is 1. The molecule has 5 aromatic rings. The molecule has 0 bridgehead atoms. The van der Waals surface area contributed by atoms with Crippen LogP contribution in [0, 0.1) is 0 Å². The normalized spacial score (nSPS) is 11.5. The molecule has 11 heteroatoms. The molecule has 0 unspecified atom stereocenters. The second-order valence-electron chi connectivity index (χ2n) is 11.1. The van der Waals surface area contributed by atoms with E-state index >= 15 is 0 Å². The maximum Gasteiger partial charge on any atom is 0.368 e. The highest BCUT2D eigenvalue weighted by Crippen LogP contribution is 2.50. The molecule has 0 saturated carbocycles. The summed E-state index contributed by atoms with van der Waals surface area (Å²) >= 11 is 1.54. The number of rotatable bonds is 16. The first kappa shape index (κ1) is 34.1. The second kappa shape index (κ2) is 16.6. The Kier molecular flexibility index (Phi) is 12.0. The van der Waals surface area contributed by atoms with Crippen molar-refractivity contribution < 1.29 is 27.9 Å². The maximum absolute atomic E-state index is 13.9. The van der Waals surface area contributed by atoms with Crippen molar-refractivity contribution in [3.63, 3.8) is 0 Å². The number of benzene rings is 3. The summed E-state index contributed by atoms with van der Waals surface area (Å²) in [6, 6.07) is 30.6. The molecule has 47 heavy (non-hydrogen) atoms. The van der Waals surface area contributed by atoms with Crippen LogP contribution in [-0.4, -0.2) is 26.9 Å². The van der Waals surface area contributed by atoms with Crippen molar-refractivity contribution in [1.29, 1.82) is 0 Å². The van der Waals surface area contributed by atoms with Gasteiger partial charge in [-0.25, -0.2) is 4.98 Å². The lowest BCUT2D eigenvalue weighted by Crippen LogP contribution is -2.10. The van der Waals surface area contributed by atoms with Gasteiger partial charge in [-0.2, -0.15) is 0 Å². The molecule has 2 heterocycles. The highest BCUT2D eigenvalue weighted by atomic mass is 32.2. The van der Waals surface area contributed by atoms with Gasteiger partial charge in [-0.15, -0.1) is 0 Å². The van der Waals surface area contributed by atoms with E-state index in [4.69, 9.17) is 23.5 Å². The van der Waals surface area contributed by atoms with Gasteiger partial charge in [0.25, 0.3) is 0 Å². The van der Waals surface area contributed by atoms with Crippen LogP contribution in [0.1, 0.15) is 54.9 Å². The number of pyridine rings is 1. The molecule has 0 amide bonds. The predicted octanol–water partition coefficient (Wildman–Crippen LogP) is 8.63. The van der Waals surface area contributed by atoms with Gasteiger partial charge in [-0.05, 0) is 52.9 Å². The van der Waals surface area contributed by atoms with Crippen LogP contribution in [0.2, 0.25) is 0 Å². The van der Waals surface area contributed by atoms with E-state index in [1.54, 1.807) is 12.4 Å². The Bertz CT molecular complexity index is 1740. The molecule has 0 radical (unpaired) electrons. The third kappa shape index (κ3) is 10.1. The summed E-state index contributed by atoms with van der Waals surface area (Å²) in [5.74, 6) is 0.920. The van der Waals surface area contributed by atoms with E-state index in [2.05, 4.69) is 23.4 Å². The lowest BCUT2D eigenvalue weighted by atomic mass is 10.1. The molecule has 5 rings (SSSR count). The number of hydrogen-bond donors (Lipinski definition) is 0. The number of esters is 1. The van der Waals surface area contributed by atoms with E-state index in [9.17, 15) is 9.36 Å². The number of carbonyl (C=O) groups is 1. The van der Waals surface area contributed by atoms with E-state index in [-0.39, 0.29) is 38.1 Å². The van der Waals surface area contributed by atoms with E-state index in [0.717, 1.165) is 32.3 Å². The van der Waals surface area contributed by atoms with Crippen LogP contribution in [-0.2, 0) is 49.5 Å². The number of carbonyl (C=O) groups excluding carboxylic acids is 1. The first-order valence-corrected chi connectivity index (χ1v) is 17.8. The molecule has 244 valence electrons. The molecule has 2 aromatic heterocycles. The first-order valence-electron chi connectivity index (χ1n) is 15.3. The smallest absolute Gasteiger partial charge is 0.368 e. The molecule has 3 aromatic carbocycles. The minimum absolute atomic E-state index is 0.0606. The third-order valence-electron chi connectivity index (χ3n) is 7.02. The molecule has 9 nitrogen and oxygen atoms in total. The topological polar surface area (TPSA) is 102 Å². The summed E-state index contributed by atoms with van der Waals surface area (Å²) in [7, 11) is -3.67. The Hall–Kier alpha value is -4.21. The highest BCUT2D eigenvalue weighted by molar-refractivity contribution is 7.99. The van der Waals surface area contributed by atoms with Crippen molar-refractivity contribution in [3.8, 4) is 5.75 Å². The Morgan fingerprint density at radius 1 is 0.830 bits per heavy atom. The number of nitrogens with zero attached hydrogens (tertiary/aromatic N) is 3. The lowest BCUT2D eigenvalue weighted by molar-refractivity contribution is -0.142. The van der Waals surface area contributed by atoms with Crippen LogP contribution in [0.5, 0.6) is 5.75 Å². The summed E-state index contributed by atoms with van der Waals surface area (Å²) in [5, 5.41) is 0.930. The maximum atomic E-state index is 13.9. The molecule has 0 aliphatic carbocycles. The highest BCUT2D eigenvalue weighted by Gasteiger charge is 2.27. The zero-order valence-electron chi connectivity index (χ0n) is 26.7. The number of ether oxygens (including phenoxy) is 2. The molecule has 0 spiro atoms. The van der Waals surface area contributed by atoms with Gasteiger partial charge >= 0.3 is 13.6 Å². The van der Waals surface area contributed by atoms with Crippen LogP contribution in [0.25, 0.3) is 0 Å². The Morgan fingerprint density at radius 3 is 2.06 bits per heavy atom. The van der Waals surface area contributed by atoms with Crippen molar-refractivity contribution >= 4 is 25.3 Å². The summed E-state index contributed by atoms with van der Waals surface area (Å²) in [4.78, 5) is 21.6. The Labute approximate surface area is 279 Å². The van der Waals surface area contributed by atoms with E-state index in [1.807, 2.05) is 97.1 Å². The molecule has 0 aliphatic heterocycles. The summed E-state index contributed by atoms with van der Waals surface area (Å²) in [5.41, 5.74) is 3.70. The van der Waals surface area contributed by atoms with E-state index < -0.39 is 7.60 Å². The van der Waals surface area contributed by atoms with Gasteiger partial charge in [0.15, 0.2) is 6.35 Å². The summed E-state index contributed by atoms with van der Waals surface area (Å²) in [6.07, 6.45) is 3.24. The van der Waals surface area contributed by atoms with Gasteiger partial charge in [0.1, 0.15) is 23.2 Å². The quantitative estimate of drug-likeness (QED) is 0.0754. The van der Waals surface area contributed by atoms with Crippen molar-refractivity contribution in [2.45, 2.75) is 63.0 Å². The standard InChI is InChI=1S/C36H38N3O6PS/c1-27(2)35-36(39(22-29-17-19-37-20-18-29)34(38-35)25-42-28(3)40)47-33-16-10-15-32(21-33)43-26-46(41,44-23-30-11-6-4-7-12-30)45-24-31-13-8-5-9-14-31/h4-21,27H,22-26H2,1-3H3. The van der Waals surface area contributed by atoms with Crippen LogP contribution in [0.15, 0.2) is 119 Å². The van der Waals surface area contributed by atoms with Crippen molar-refractivity contribution in [2.75, 3.05) is 6.35 Å². The Morgan fingerprint density at radius 2 is 1.47 bits per heavy atom. The molecule has 0 atom stereocenters. The zero-order valence-corrected chi connectivity index (χ0v) is 28.4. The van der Waals surface area contributed by atoms with Crippen LogP contribution < -0.4 is 4.74 Å². The molecule has 0 saturated heterocycles. The zero-order chi connectivity index (χ0) is 33.1. The van der Waals surface area contributed by atoms with Gasteiger partial charge < -0.3 is 23.1 Å². The molecule has 0 fully saturated rings. The van der Waals surface area contributed by atoms with E-state index in [0.29, 0.717) is 18.1 Å². The SMILES string of the molecule is CC(=O)OCc1nc(C(C)C)c(Sc2cccc(OCP(=O)(OCc3ccccc3)OCc3ccccc3)c2)n1Cc1ccncc1. The summed E-state index contributed by atoms with van der Waals surface area (Å²) < 4.78 is 39.3. The molecule has 0 aliphatic rings. The largest absolute Gasteiger partial charge is 0.481 e. The van der Waals surface area contributed by atoms with Gasteiger partial charge in [-0.1, -0.05) is 92.3 Å². The lowest BCUT2D eigenvalue weighted by Gasteiger charge is -2.19. The van der Waals surface area contributed by atoms with Crippen molar-refractivity contribution in [1.82, 2.24) is 14.5 Å². The minimum Gasteiger partial charge on any atom is -0.481 e. The molecular formula is C36H38N3O6PS. The predicted molar refractivity (Wildman–Crippen MR) is 181 cm³/mol. The van der Waals surface area contributed by atoms with Gasteiger partial charge in [0, 0.05) is 24.2 Å². The number of aromatic nitrogens is 3. The third-order valence-corrected chi connectivity index (χ3v) is 9.62. The fourth-order valence-corrected chi connectivity index (χ4v) is 7.03. The van der Waals surface area contributed by atoms with Gasteiger partial charge in [-0.3, -0.25) is 14.3 Å².